The van der Waals surface area contributed by atoms with Crippen molar-refractivity contribution in [2.45, 2.75) is 64.4 Å². The van der Waals surface area contributed by atoms with Crippen LogP contribution in [0.5, 0.6) is 0 Å². The minimum Gasteiger partial charge on any atom is -0.486 e. The predicted molar refractivity (Wildman–Crippen MR) is 90.1 cm³/mol. The largest absolute Gasteiger partial charge is 0.486 e. The Balaban J connectivity index is 1.98. The number of fused-ring (bicyclic) bond motifs is 2. The fraction of sp³-hybridized carbons (Fsp3) is 0.647. The van der Waals surface area contributed by atoms with Gasteiger partial charge in [-0.3, -0.25) is 0 Å². The first-order valence-electron chi connectivity index (χ1n) is 7.94. The molecule has 3 heteroatoms. The fourth-order valence-corrected chi connectivity index (χ4v) is 5.59. The number of ether oxygens (including phenoxy) is 1. The Bertz CT molecular complexity index is 493. The van der Waals surface area contributed by atoms with Gasteiger partial charge in [-0.15, -0.1) is 23.1 Å². The normalized spacial score (nSPS) is 19.7. The molecule has 0 unspecified atom stereocenters. The molecule has 110 valence electrons. The topological polar surface area (TPSA) is 9.23 Å². The molecule has 2 aliphatic rings. The first-order chi connectivity index (χ1) is 9.80. The van der Waals surface area contributed by atoms with Gasteiger partial charge in [-0.05, 0) is 37.1 Å². The van der Waals surface area contributed by atoms with Crippen molar-refractivity contribution in [2.24, 2.45) is 0 Å². The van der Waals surface area contributed by atoms with Crippen LogP contribution in [-0.2, 0) is 10.3 Å². The van der Waals surface area contributed by atoms with Crippen LogP contribution in [0, 0.1) is 0 Å². The predicted octanol–water partition coefficient (Wildman–Crippen LogP) is 6.16. The quantitative estimate of drug-likeness (QED) is 0.622. The van der Waals surface area contributed by atoms with Crippen molar-refractivity contribution >= 4 is 28.0 Å². The van der Waals surface area contributed by atoms with Crippen LogP contribution in [0.15, 0.2) is 17.2 Å². The van der Waals surface area contributed by atoms with Crippen molar-refractivity contribution in [1.29, 1.82) is 0 Å². The third kappa shape index (κ3) is 2.43. The molecule has 1 aromatic rings. The van der Waals surface area contributed by atoms with Crippen molar-refractivity contribution in [3.8, 4) is 0 Å². The summed E-state index contributed by atoms with van der Waals surface area (Å²) in [5.41, 5.74) is 1.46. The summed E-state index contributed by atoms with van der Waals surface area (Å²) < 4.78 is 6.65. The van der Waals surface area contributed by atoms with Crippen LogP contribution in [0.4, 0.5) is 0 Å². The van der Waals surface area contributed by atoms with Crippen LogP contribution in [0.1, 0.15) is 69.2 Å². The smallest absolute Gasteiger partial charge is 0.135 e. The van der Waals surface area contributed by atoms with Crippen molar-refractivity contribution in [3.05, 3.63) is 27.6 Å². The van der Waals surface area contributed by atoms with Gasteiger partial charge in [0.15, 0.2) is 0 Å². The van der Waals surface area contributed by atoms with Gasteiger partial charge in [0.1, 0.15) is 11.4 Å². The van der Waals surface area contributed by atoms with Gasteiger partial charge in [0.2, 0.25) is 0 Å². The van der Waals surface area contributed by atoms with Crippen LogP contribution < -0.4 is 0 Å². The van der Waals surface area contributed by atoms with E-state index in [2.05, 4.69) is 25.3 Å². The molecule has 3 rings (SSSR count). The zero-order valence-electron chi connectivity index (χ0n) is 12.5. The molecule has 0 N–H and O–H groups in total. The monoisotopic (exact) mass is 308 g/mol. The Morgan fingerprint density at radius 3 is 2.65 bits per heavy atom. The number of hydrogen-bond acceptors (Lipinski definition) is 3. The Morgan fingerprint density at radius 1 is 1.20 bits per heavy atom. The van der Waals surface area contributed by atoms with E-state index >= 15 is 0 Å². The molecule has 20 heavy (non-hydrogen) atoms. The van der Waals surface area contributed by atoms with Gasteiger partial charge in [-0.1, -0.05) is 26.7 Å². The third-order valence-corrected chi connectivity index (χ3v) is 6.57. The number of allylic oxidation sites excluding steroid dienone is 1. The number of hydrogen-bond donors (Lipinski definition) is 0. The molecule has 0 saturated carbocycles. The summed E-state index contributed by atoms with van der Waals surface area (Å²) in [6.07, 6.45) is 8.49. The minimum atomic E-state index is -0.0227. The molecule has 2 aliphatic heterocycles. The van der Waals surface area contributed by atoms with E-state index in [4.69, 9.17) is 4.74 Å². The number of unbranched alkanes of at least 4 members (excludes halogenated alkanes) is 2. The molecular formula is C17H24OS2. The molecule has 0 aliphatic carbocycles. The second-order valence-corrected chi connectivity index (χ2v) is 7.84. The lowest BCUT2D eigenvalue weighted by atomic mass is 9.82. The molecule has 0 aromatic carbocycles. The first kappa shape index (κ1) is 14.5. The number of thiophene rings is 1. The number of thioether (sulfide) groups is 1. The van der Waals surface area contributed by atoms with Crippen molar-refractivity contribution in [3.63, 3.8) is 0 Å². The van der Waals surface area contributed by atoms with Crippen LogP contribution in [0.2, 0.25) is 0 Å². The summed E-state index contributed by atoms with van der Waals surface area (Å²) >= 11 is 3.90. The highest BCUT2D eigenvalue weighted by molar-refractivity contribution is 8.08. The van der Waals surface area contributed by atoms with Gasteiger partial charge in [-0.2, -0.15) is 0 Å². The molecule has 0 atom stereocenters. The van der Waals surface area contributed by atoms with E-state index in [1.54, 1.807) is 0 Å². The Kier molecular flexibility index (Phi) is 4.46. The fourth-order valence-electron chi connectivity index (χ4n) is 3.29. The van der Waals surface area contributed by atoms with Crippen LogP contribution >= 0.6 is 23.1 Å². The van der Waals surface area contributed by atoms with E-state index in [9.17, 15) is 0 Å². The molecule has 0 amide bonds. The standard InChI is InChI=1S/C17H24OS2/c1-3-5-9-17(10-6-4-2)13-7-11-19-15(13)16-14(18-17)8-12-20-16/h7,11H,3-6,8-10,12H2,1-2H3. The summed E-state index contributed by atoms with van der Waals surface area (Å²) in [6, 6.07) is 2.33. The van der Waals surface area contributed by atoms with Crippen molar-refractivity contribution in [1.82, 2.24) is 0 Å². The van der Waals surface area contributed by atoms with Gasteiger partial charge in [0.05, 0.1) is 9.78 Å². The summed E-state index contributed by atoms with van der Waals surface area (Å²) in [5.74, 6) is 2.48. The average Bonchev–Trinajstić information content (AvgIpc) is 3.10. The lowest BCUT2D eigenvalue weighted by Gasteiger charge is -2.39. The van der Waals surface area contributed by atoms with Crippen LogP contribution in [0.3, 0.4) is 0 Å². The highest BCUT2D eigenvalue weighted by Crippen LogP contribution is 2.54. The molecule has 0 saturated heterocycles. The van der Waals surface area contributed by atoms with Gasteiger partial charge in [-0.25, -0.2) is 0 Å². The zero-order chi connectivity index (χ0) is 14.0. The zero-order valence-corrected chi connectivity index (χ0v) is 14.2. The molecule has 0 radical (unpaired) electrons. The molecule has 0 spiro atoms. The molecular weight excluding hydrogens is 284 g/mol. The Morgan fingerprint density at radius 2 is 1.95 bits per heavy atom. The Labute approximate surface area is 130 Å². The molecule has 0 fully saturated rings. The van der Waals surface area contributed by atoms with Crippen molar-refractivity contribution in [2.75, 3.05) is 5.75 Å². The summed E-state index contributed by atoms with van der Waals surface area (Å²) in [5, 5.41) is 2.26. The van der Waals surface area contributed by atoms with Crippen LogP contribution in [-0.4, -0.2) is 5.75 Å². The third-order valence-electron chi connectivity index (χ3n) is 4.38. The van der Waals surface area contributed by atoms with E-state index in [1.165, 1.54) is 65.4 Å². The first-order valence-corrected chi connectivity index (χ1v) is 9.80. The van der Waals surface area contributed by atoms with Crippen LogP contribution in [0.25, 0.3) is 4.91 Å². The number of rotatable bonds is 6. The van der Waals surface area contributed by atoms with E-state index in [-0.39, 0.29) is 5.60 Å². The summed E-state index contributed by atoms with van der Waals surface area (Å²) in [6.45, 7) is 4.56. The maximum absolute atomic E-state index is 6.65. The molecule has 1 nitrogen and oxygen atoms in total. The highest BCUT2D eigenvalue weighted by atomic mass is 32.2. The minimum absolute atomic E-state index is 0.0227. The van der Waals surface area contributed by atoms with E-state index in [0.29, 0.717) is 0 Å². The summed E-state index contributed by atoms with van der Waals surface area (Å²) in [7, 11) is 0. The average molecular weight is 309 g/mol. The highest BCUT2D eigenvalue weighted by Gasteiger charge is 2.42. The maximum atomic E-state index is 6.65. The van der Waals surface area contributed by atoms with Gasteiger partial charge < -0.3 is 4.74 Å². The maximum Gasteiger partial charge on any atom is 0.135 e. The van der Waals surface area contributed by atoms with Gasteiger partial charge in [0.25, 0.3) is 0 Å². The van der Waals surface area contributed by atoms with Crippen molar-refractivity contribution < 1.29 is 4.74 Å². The summed E-state index contributed by atoms with van der Waals surface area (Å²) in [4.78, 5) is 2.96. The van der Waals surface area contributed by atoms with Gasteiger partial charge >= 0.3 is 0 Å². The molecule has 1 aromatic heterocycles. The second-order valence-electron chi connectivity index (χ2n) is 5.82. The lowest BCUT2D eigenvalue weighted by molar-refractivity contribution is -0.0257. The SMILES string of the molecule is CCCCC1(CCCC)OC2=C(SCC2)c2sccc21. The van der Waals surface area contributed by atoms with E-state index in [1.807, 2.05) is 23.1 Å². The Hall–Kier alpha value is -0.410. The second kappa shape index (κ2) is 6.15. The molecule has 0 bridgehead atoms. The van der Waals surface area contributed by atoms with E-state index < -0.39 is 0 Å². The van der Waals surface area contributed by atoms with E-state index in [0.717, 1.165) is 6.42 Å². The molecule has 3 heterocycles. The lowest BCUT2D eigenvalue weighted by Crippen LogP contribution is -2.32. The van der Waals surface area contributed by atoms with Gasteiger partial charge in [0, 0.05) is 17.7 Å².